The number of hydrogen-bond donors (Lipinski definition) is 1. The van der Waals surface area contributed by atoms with Crippen molar-refractivity contribution in [3.63, 3.8) is 0 Å². The quantitative estimate of drug-likeness (QED) is 0.876. The van der Waals surface area contributed by atoms with Crippen LogP contribution in [-0.2, 0) is 13.5 Å². The van der Waals surface area contributed by atoms with Crippen LogP contribution < -0.4 is 5.32 Å². The van der Waals surface area contributed by atoms with Crippen molar-refractivity contribution < 1.29 is 0 Å². The van der Waals surface area contributed by atoms with Crippen LogP contribution in [0.1, 0.15) is 24.8 Å². The Labute approximate surface area is 113 Å². The van der Waals surface area contributed by atoms with Gasteiger partial charge in [-0.05, 0) is 37.4 Å². The molecule has 1 aliphatic heterocycles. The average molecular weight is 263 g/mol. The normalized spacial score (nSPS) is 20.4. The molecule has 1 atom stereocenters. The summed E-state index contributed by atoms with van der Waals surface area (Å²) in [5.41, 5.74) is 2.57. The van der Waals surface area contributed by atoms with E-state index in [-0.39, 0.29) is 0 Å². The molecule has 0 spiro atoms. The molecule has 2 heterocycles. The van der Waals surface area contributed by atoms with Gasteiger partial charge in [0.15, 0.2) is 0 Å². The number of para-hydroxylation sites is 1. The summed E-state index contributed by atoms with van der Waals surface area (Å²) in [4.78, 5) is 0. The topological polar surface area (TPSA) is 17.0 Å². The first-order valence-electron chi connectivity index (χ1n) is 6.71. The zero-order chi connectivity index (χ0) is 12.5. The SMILES string of the molecule is Cn1cc(CC2CCCCN2)c2cccc(Cl)c21. The fraction of sp³-hybridized carbons (Fsp3) is 0.467. The van der Waals surface area contributed by atoms with Crippen LogP contribution in [0.3, 0.4) is 0 Å². The van der Waals surface area contributed by atoms with Crippen molar-refractivity contribution in [2.24, 2.45) is 7.05 Å². The molecule has 1 aromatic carbocycles. The van der Waals surface area contributed by atoms with Gasteiger partial charge in [-0.15, -0.1) is 0 Å². The Kier molecular flexibility index (Phi) is 3.31. The van der Waals surface area contributed by atoms with E-state index in [1.807, 2.05) is 12.1 Å². The number of aryl methyl sites for hydroxylation is 1. The molecule has 1 saturated heterocycles. The van der Waals surface area contributed by atoms with E-state index in [0.717, 1.165) is 23.5 Å². The summed E-state index contributed by atoms with van der Waals surface area (Å²) in [5, 5.41) is 5.76. The lowest BCUT2D eigenvalue weighted by molar-refractivity contribution is 0.400. The van der Waals surface area contributed by atoms with Crippen LogP contribution in [0.25, 0.3) is 10.9 Å². The maximum Gasteiger partial charge on any atom is 0.0669 e. The summed E-state index contributed by atoms with van der Waals surface area (Å²) in [6, 6.07) is 6.82. The maximum atomic E-state index is 6.28. The molecule has 96 valence electrons. The van der Waals surface area contributed by atoms with Crippen molar-refractivity contribution in [1.82, 2.24) is 9.88 Å². The third-order valence-corrected chi connectivity index (χ3v) is 4.22. The van der Waals surface area contributed by atoms with Gasteiger partial charge in [0.05, 0.1) is 10.5 Å². The number of hydrogen-bond acceptors (Lipinski definition) is 1. The molecule has 1 fully saturated rings. The summed E-state index contributed by atoms with van der Waals surface area (Å²) >= 11 is 6.28. The van der Waals surface area contributed by atoms with Crippen LogP contribution in [0.15, 0.2) is 24.4 Å². The average Bonchev–Trinajstić information content (AvgIpc) is 2.69. The third kappa shape index (κ3) is 2.15. The van der Waals surface area contributed by atoms with Crippen LogP contribution in [0.2, 0.25) is 5.02 Å². The first-order valence-corrected chi connectivity index (χ1v) is 7.09. The molecule has 1 unspecified atom stereocenters. The van der Waals surface area contributed by atoms with Gasteiger partial charge in [0.25, 0.3) is 0 Å². The van der Waals surface area contributed by atoms with E-state index in [2.05, 4.69) is 29.2 Å². The molecule has 18 heavy (non-hydrogen) atoms. The molecule has 0 amide bonds. The third-order valence-electron chi connectivity index (χ3n) is 3.91. The van der Waals surface area contributed by atoms with Gasteiger partial charge in [0.2, 0.25) is 0 Å². The number of fused-ring (bicyclic) bond motifs is 1. The van der Waals surface area contributed by atoms with Gasteiger partial charge < -0.3 is 9.88 Å². The van der Waals surface area contributed by atoms with Gasteiger partial charge in [0, 0.05) is 24.7 Å². The van der Waals surface area contributed by atoms with Crippen molar-refractivity contribution in [3.05, 3.63) is 35.0 Å². The highest BCUT2D eigenvalue weighted by atomic mass is 35.5. The molecule has 2 nitrogen and oxygen atoms in total. The Bertz CT molecular complexity index is 553. The number of aromatic nitrogens is 1. The summed E-state index contributed by atoms with van der Waals surface area (Å²) in [6.45, 7) is 1.16. The monoisotopic (exact) mass is 262 g/mol. The van der Waals surface area contributed by atoms with Crippen molar-refractivity contribution >= 4 is 22.5 Å². The van der Waals surface area contributed by atoms with E-state index >= 15 is 0 Å². The Morgan fingerprint density at radius 3 is 3.06 bits per heavy atom. The van der Waals surface area contributed by atoms with Gasteiger partial charge in [-0.3, -0.25) is 0 Å². The zero-order valence-corrected chi connectivity index (χ0v) is 11.5. The van der Waals surface area contributed by atoms with Gasteiger partial charge in [-0.2, -0.15) is 0 Å². The molecule has 3 rings (SSSR count). The van der Waals surface area contributed by atoms with Gasteiger partial charge in [0.1, 0.15) is 0 Å². The lowest BCUT2D eigenvalue weighted by Gasteiger charge is -2.23. The van der Waals surface area contributed by atoms with Crippen molar-refractivity contribution in [2.45, 2.75) is 31.7 Å². The highest BCUT2D eigenvalue weighted by molar-refractivity contribution is 6.35. The molecule has 1 aromatic heterocycles. The lowest BCUT2D eigenvalue weighted by Crippen LogP contribution is -2.35. The number of halogens is 1. The highest BCUT2D eigenvalue weighted by Gasteiger charge is 2.16. The fourth-order valence-corrected chi connectivity index (χ4v) is 3.33. The van der Waals surface area contributed by atoms with Gasteiger partial charge in [-0.25, -0.2) is 0 Å². The number of nitrogens with zero attached hydrogens (tertiary/aromatic N) is 1. The minimum absolute atomic E-state index is 0.628. The minimum atomic E-state index is 0.628. The zero-order valence-electron chi connectivity index (χ0n) is 10.7. The Morgan fingerprint density at radius 1 is 1.39 bits per heavy atom. The molecule has 2 aromatic rings. The van der Waals surface area contributed by atoms with E-state index in [0.29, 0.717) is 6.04 Å². The Morgan fingerprint density at radius 2 is 2.28 bits per heavy atom. The molecule has 3 heteroatoms. The minimum Gasteiger partial charge on any atom is -0.349 e. The summed E-state index contributed by atoms with van der Waals surface area (Å²) in [6.07, 6.45) is 7.29. The van der Waals surface area contributed by atoms with E-state index in [1.165, 1.54) is 30.2 Å². The summed E-state index contributed by atoms with van der Waals surface area (Å²) in [5.74, 6) is 0. The van der Waals surface area contributed by atoms with Crippen molar-refractivity contribution in [2.75, 3.05) is 6.54 Å². The number of benzene rings is 1. The second-order valence-corrected chi connectivity index (χ2v) is 5.66. The largest absolute Gasteiger partial charge is 0.349 e. The van der Waals surface area contributed by atoms with Crippen LogP contribution in [0.5, 0.6) is 0 Å². The van der Waals surface area contributed by atoms with Crippen molar-refractivity contribution in [1.29, 1.82) is 0 Å². The van der Waals surface area contributed by atoms with E-state index in [9.17, 15) is 0 Å². The smallest absolute Gasteiger partial charge is 0.0669 e. The van der Waals surface area contributed by atoms with Gasteiger partial charge >= 0.3 is 0 Å². The molecule has 0 aliphatic carbocycles. The molecule has 0 saturated carbocycles. The van der Waals surface area contributed by atoms with Gasteiger partial charge in [-0.1, -0.05) is 30.2 Å². The van der Waals surface area contributed by atoms with Crippen LogP contribution >= 0.6 is 11.6 Å². The predicted octanol–water partition coefficient (Wildman–Crippen LogP) is 3.52. The molecular weight excluding hydrogens is 244 g/mol. The second kappa shape index (κ2) is 4.94. The molecule has 1 N–H and O–H groups in total. The molecule has 0 radical (unpaired) electrons. The first-order chi connectivity index (χ1) is 8.75. The lowest BCUT2D eigenvalue weighted by atomic mass is 9.97. The van der Waals surface area contributed by atoms with E-state index in [4.69, 9.17) is 11.6 Å². The molecule has 1 aliphatic rings. The fourth-order valence-electron chi connectivity index (χ4n) is 3.03. The van der Waals surface area contributed by atoms with Crippen LogP contribution in [0.4, 0.5) is 0 Å². The molecule has 0 bridgehead atoms. The number of rotatable bonds is 2. The summed E-state index contributed by atoms with van der Waals surface area (Å²) in [7, 11) is 2.08. The molecular formula is C15H19ClN2. The Balaban J connectivity index is 1.94. The van der Waals surface area contributed by atoms with Crippen LogP contribution in [0, 0.1) is 0 Å². The maximum absolute atomic E-state index is 6.28. The first kappa shape index (κ1) is 12.1. The predicted molar refractivity (Wildman–Crippen MR) is 77.3 cm³/mol. The number of nitrogens with one attached hydrogen (secondary N) is 1. The number of piperidine rings is 1. The van der Waals surface area contributed by atoms with Crippen LogP contribution in [-0.4, -0.2) is 17.2 Å². The summed E-state index contributed by atoms with van der Waals surface area (Å²) < 4.78 is 2.15. The van der Waals surface area contributed by atoms with Crippen molar-refractivity contribution in [3.8, 4) is 0 Å². The van der Waals surface area contributed by atoms with E-state index in [1.54, 1.807) is 0 Å². The standard InChI is InChI=1S/C15H19ClN2/c1-18-10-11(9-12-5-2-3-8-17-12)13-6-4-7-14(16)15(13)18/h4,6-7,10,12,17H,2-3,5,8-9H2,1H3. The van der Waals surface area contributed by atoms with E-state index < -0.39 is 0 Å². The Hall–Kier alpha value is -0.990. The second-order valence-electron chi connectivity index (χ2n) is 5.25. The highest BCUT2D eigenvalue weighted by Crippen LogP contribution is 2.28.